The van der Waals surface area contributed by atoms with Gasteiger partial charge in [0.25, 0.3) is 0 Å². The smallest absolute Gasteiger partial charge is 0.140 e. The molecule has 0 aliphatic heterocycles. The zero-order chi connectivity index (χ0) is 18.9. The number of halogens is 3. The Morgan fingerprint density at radius 3 is 2.31 bits per heavy atom. The molecule has 0 spiro atoms. The van der Waals surface area contributed by atoms with Crippen molar-refractivity contribution in [2.24, 2.45) is 17.4 Å². The zero-order valence-corrected chi connectivity index (χ0v) is 16.4. The van der Waals surface area contributed by atoms with E-state index in [0.29, 0.717) is 28.0 Å². The van der Waals surface area contributed by atoms with E-state index in [0.717, 1.165) is 23.8 Å². The van der Waals surface area contributed by atoms with Crippen molar-refractivity contribution < 1.29 is 4.79 Å². The third-order valence-corrected chi connectivity index (χ3v) is 6.35. The monoisotopic (exact) mass is 410 g/mol. The van der Waals surface area contributed by atoms with Crippen LogP contribution in [0.2, 0.25) is 15.1 Å². The van der Waals surface area contributed by atoms with Crippen molar-refractivity contribution in [3.05, 3.63) is 68.7 Å². The molecule has 138 valence electrons. The average molecular weight is 412 g/mol. The lowest BCUT2D eigenvalue weighted by Crippen LogP contribution is -2.57. The summed E-state index contributed by atoms with van der Waals surface area (Å²) in [6.07, 6.45) is 2.15. The Labute approximate surface area is 168 Å². The highest BCUT2D eigenvalue weighted by Gasteiger charge is 2.47. The molecule has 0 amide bonds. The minimum atomic E-state index is -0.950. The SMILES string of the molecule is NCC1C(c2ccc(Cl)cc2)C(c2ccc(Cl)cc2Cl)CCC1(N)C=O. The van der Waals surface area contributed by atoms with E-state index in [1.807, 2.05) is 36.4 Å². The first-order valence-electron chi connectivity index (χ1n) is 8.55. The van der Waals surface area contributed by atoms with E-state index in [4.69, 9.17) is 46.3 Å². The molecule has 2 aromatic rings. The maximum Gasteiger partial charge on any atom is 0.140 e. The number of nitrogens with two attached hydrogens (primary N) is 2. The van der Waals surface area contributed by atoms with Gasteiger partial charge in [-0.3, -0.25) is 0 Å². The van der Waals surface area contributed by atoms with E-state index in [2.05, 4.69) is 0 Å². The van der Waals surface area contributed by atoms with Gasteiger partial charge in [-0.15, -0.1) is 0 Å². The Kier molecular flexibility index (Phi) is 5.95. The maximum absolute atomic E-state index is 11.8. The van der Waals surface area contributed by atoms with Gasteiger partial charge in [0, 0.05) is 21.0 Å². The van der Waals surface area contributed by atoms with E-state index >= 15 is 0 Å². The lowest BCUT2D eigenvalue weighted by atomic mass is 9.59. The molecule has 1 saturated carbocycles. The predicted molar refractivity (Wildman–Crippen MR) is 108 cm³/mol. The second-order valence-corrected chi connectivity index (χ2v) is 8.24. The number of aldehydes is 1. The topological polar surface area (TPSA) is 69.1 Å². The second-order valence-electron chi connectivity index (χ2n) is 6.96. The molecule has 0 bridgehead atoms. The number of rotatable bonds is 4. The molecular formula is C20H21Cl3N2O. The Hall–Kier alpha value is -1.10. The third kappa shape index (κ3) is 3.64. The summed E-state index contributed by atoms with van der Waals surface area (Å²) in [5.74, 6) is -0.155. The van der Waals surface area contributed by atoms with Crippen molar-refractivity contribution in [2.45, 2.75) is 30.2 Å². The van der Waals surface area contributed by atoms with E-state index in [9.17, 15) is 4.79 Å². The highest BCUT2D eigenvalue weighted by molar-refractivity contribution is 6.35. The standard InChI is InChI=1S/C20H21Cl3N2O/c21-13-3-1-12(2-4-13)19-16(15-6-5-14(22)9-18(15)23)7-8-20(25,11-26)17(19)10-24/h1-6,9,11,16-17,19H,7-8,10,24-25H2. The molecule has 0 saturated heterocycles. The normalized spacial score (nSPS) is 28.7. The first kappa shape index (κ1) is 19.7. The molecule has 4 N–H and O–H groups in total. The van der Waals surface area contributed by atoms with Crippen molar-refractivity contribution in [1.82, 2.24) is 0 Å². The first-order valence-corrected chi connectivity index (χ1v) is 9.68. The van der Waals surface area contributed by atoms with Gasteiger partial charge in [0.2, 0.25) is 0 Å². The molecule has 6 heteroatoms. The fourth-order valence-electron chi connectivity index (χ4n) is 4.20. The summed E-state index contributed by atoms with van der Waals surface area (Å²) in [5.41, 5.74) is 13.6. The van der Waals surface area contributed by atoms with Crippen LogP contribution in [0, 0.1) is 5.92 Å². The summed E-state index contributed by atoms with van der Waals surface area (Å²) in [4.78, 5) is 11.8. The molecule has 1 aliphatic carbocycles. The van der Waals surface area contributed by atoms with Crippen molar-refractivity contribution >= 4 is 41.1 Å². The van der Waals surface area contributed by atoms with Crippen molar-refractivity contribution in [1.29, 1.82) is 0 Å². The zero-order valence-electron chi connectivity index (χ0n) is 14.2. The van der Waals surface area contributed by atoms with Crippen LogP contribution in [0.1, 0.15) is 35.8 Å². The van der Waals surface area contributed by atoms with Gasteiger partial charge in [-0.2, -0.15) is 0 Å². The van der Waals surface area contributed by atoms with Gasteiger partial charge in [-0.25, -0.2) is 0 Å². The van der Waals surface area contributed by atoms with Gasteiger partial charge >= 0.3 is 0 Å². The molecule has 4 unspecified atom stereocenters. The predicted octanol–water partition coefficient (Wildman–Crippen LogP) is 4.78. The summed E-state index contributed by atoms with van der Waals surface area (Å²) in [6, 6.07) is 13.2. The largest absolute Gasteiger partial charge is 0.330 e. The van der Waals surface area contributed by atoms with Gasteiger partial charge < -0.3 is 16.3 Å². The summed E-state index contributed by atoms with van der Waals surface area (Å²) in [6.45, 7) is 0.310. The third-order valence-electron chi connectivity index (χ3n) is 5.54. The molecule has 1 aliphatic rings. The van der Waals surface area contributed by atoms with Crippen LogP contribution >= 0.6 is 34.8 Å². The Bertz CT molecular complexity index is 796. The molecular weight excluding hydrogens is 391 g/mol. The number of carbonyl (C=O) groups is 1. The summed E-state index contributed by atoms with van der Waals surface area (Å²) in [5, 5.41) is 1.87. The first-order chi connectivity index (χ1) is 12.4. The highest BCUT2D eigenvalue weighted by atomic mass is 35.5. The van der Waals surface area contributed by atoms with Gasteiger partial charge in [0.1, 0.15) is 6.29 Å². The lowest BCUT2D eigenvalue weighted by Gasteiger charge is -2.47. The van der Waals surface area contributed by atoms with Gasteiger partial charge in [0.05, 0.1) is 5.54 Å². The van der Waals surface area contributed by atoms with Crippen LogP contribution in [0.15, 0.2) is 42.5 Å². The van der Waals surface area contributed by atoms with Gasteiger partial charge in [0.15, 0.2) is 0 Å². The number of carbonyl (C=O) groups excluding carboxylic acids is 1. The summed E-state index contributed by atoms with van der Waals surface area (Å²) >= 11 is 18.6. The van der Waals surface area contributed by atoms with Gasteiger partial charge in [-0.05, 0) is 66.6 Å². The van der Waals surface area contributed by atoms with Crippen LogP contribution in [-0.4, -0.2) is 18.4 Å². The minimum absolute atomic E-state index is 0.0418. The number of hydrogen-bond acceptors (Lipinski definition) is 3. The van der Waals surface area contributed by atoms with Crippen molar-refractivity contribution in [3.8, 4) is 0 Å². The molecule has 4 atom stereocenters. The minimum Gasteiger partial charge on any atom is -0.330 e. The Balaban J connectivity index is 2.12. The Morgan fingerprint density at radius 1 is 1.08 bits per heavy atom. The fourth-order valence-corrected chi connectivity index (χ4v) is 4.87. The number of hydrogen-bond donors (Lipinski definition) is 2. The molecule has 2 aromatic carbocycles. The van der Waals surface area contributed by atoms with Crippen LogP contribution in [0.4, 0.5) is 0 Å². The highest BCUT2D eigenvalue weighted by Crippen LogP contribution is 2.51. The van der Waals surface area contributed by atoms with E-state index < -0.39 is 5.54 Å². The molecule has 1 fully saturated rings. The van der Waals surface area contributed by atoms with E-state index in [1.54, 1.807) is 6.07 Å². The van der Waals surface area contributed by atoms with Crippen LogP contribution in [0.25, 0.3) is 0 Å². The van der Waals surface area contributed by atoms with Gasteiger partial charge in [-0.1, -0.05) is 53.0 Å². The van der Waals surface area contributed by atoms with E-state index in [-0.39, 0.29) is 17.8 Å². The maximum atomic E-state index is 11.8. The molecule has 3 nitrogen and oxygen atoms in total. The fraction of sp³-hybridized carbons (Fsp3) is 0.350. The second kappa shape index (κ2) is 7.87. The lowest BCUT2D eigenvalue weighted by molar-refractivity contribution is -0.115. The quantitative estimate of drug-likeness (QED) is 0.711. The number of benzene rings is 2. The van der Waals surface area contributed by atoms with Crippen LogP contribution in [0.5, 0.6) is 0 Å². The molecule has 0 radical (unpaired) electrons. The van der Waals surface area contributed by atoms with Crippen LogP contribution in [0.3, 0.4) is 0 Å². The van der Waals surface area contributed by atoms with Crippen LogP contribution in [-0.2, 0) is 4.79 Å². The Morgan fingerprint density at radius 2 is 1.73 bits per heavy atom. The van der Waals surface area contributed by atoms with E-state index in [1.165, 1.54) is 0 Å². The van der Waals surface area contributed by atoms with Crippen molar-refractivity contribution in [3.63, 3.8) is 0 Å². The molecule has 0 aromatic heterocycles. The van der Waals surface area contributed by atoms with Crippen molar-refractivity contribution in [2.75, 3.05) is 6.54 Å². The average Bonchev–Trinajstić information content (AvgIpc) is 2.63. The summed E-state index contributed by atoms with van der Waals surface area (Å²) in [7, 11) is 0. The molecule has 26 heavy (non-hydrogen) atoms. The molecule has 0 heterocycles. The molecule has 3 rings (SSSR count). The van der Waals surface area contributed by atoms with Crippen LogP contribution < -0.4 is 11.5 Å². The summed E-state index contributed by atoms with van der Waals surface area (Å²) < 4.78 is 0.